The molecule has 0 bridgehead atoms. The summed E-state index contributed by atoms with van der Waals surface area (Å²) < 4.78 is 5.08. The molecule has 0 saturated carbocycles. The highest BCUT2D eigenvalue weighted by Crippen LogP contribution is 2.13. The normalized spacial score (nSPS) is 11.7. The second kappa shape index (κ2) is 7.08. The largest absolute Gasteiger partial charge is 0.463 e. The third-order valence-electron chi connectivity index (χ3n) is 2.23. The molecule has 0 fully saturated rings. The third kappa shape index (κ3) is 5.25. The van der Waals surface area contributed by atoms with Gasteiger partial charge in [0.15, 0.2) is 5.13 Å². The lowest BCUT2D eigenvalue weighted by Gasteiger charge is -2.19. The van der Waals surface area contributed by atoms with E-state index >= 15 is 0 Å². The van der Waals surface area contributed by atoms with Crippen molar-refractivity contribution >= 4 is 28.7 Å². The number of thiazole rings is 1. The second-order valence-corrected chi connectivity index (χ2v) is 5.33. The van der Waals surface area contributed by atoms with Crippen molar-refractivity contribution in [2.45, 2.75) is 39.2 Å². The van der Waals surface area contributed by atoms with Gasteiger partial charge in [0.25, 0.3) is 0 Å². The maximum absolute atomic E-state index is 11.7. The van der Waals surface area contributed by atoms with Gasteiger partial charge in [0, 0.05) is 5.38 Å². The van der Waals surface area contributed by atoms with E-state index in [4.69, 9.17) is 15.3 Å². The highest BCUT2D eigenvalue weighted by Gasteiger charge is 2.32. The van der Waals surface area contributed by atoms with Crippen LogP contribution in [0.1, 0.15) is 39.3 Å². The topological polar surface area (TPSA) is 86.8 Å². The number of nitrogens with two attached hydrogens (primary N) is 1. The fraction of sp³-hybridized carbons (Fsp3) is 0.583. The van der Waals surface area contributed by atoms with Crippen molar-refractivity contribution in [1.29, 1.82) is 0 Å². The Bertz CT molecular complexity index is 443. The zero-order valence-electron chi connectivity index (χ0n) is 11.4. The number of anilines is 1. The Morgan fingerprint density at radius 2 is 2.37 bits per heavy atom. The van der Waals surface area contributed by atoms with Gasteiger partial charge < -0.3 is 15.3 Å². The van der Waals surface area contributed by atoms with Gasteiger partial charge in [-0.2, -0.15) is 0 Å². The van der Waals surface area contributed by atoms with Crippen molar-refractivity contribution in [3.05, 3.63) is 11.1 Å². The summed E-state index contributed by atoms with van der Waals surface area (Å²) in [6.45, 7) is 5.63. The molecule has 0 atom stereocenters. The standard InChI is InChI=1S/C12H19N3O3S/c1-4-5-6-17-10(16)12(2,3)18-14-7-9-8-19-11(13)15-9/h7-8H,4-6H2,1-3H3,(H2,13,15)/b14-7+. The Labute approximate surface area is 116 Å². The van der Waals surface area contributed by atoms with Gasteiger partial charge >= 0.3 is 5.97 Å². The van der Waals surface area contributed by atoms with Crippen LogP contribution in [0.15, 0.2) is 10.5 Å². The summed E-state index contributed by atoms with van der Waals surface area (Å²) in [5, 5.41) is 5.94. The van der Waals surface area contributed by atoms with E-state index in [1.165, 1.54) is 17.6 Å². The molecule has 6 nitrogen and oxygen atoms in total. The number of hydrogen-bond donors (Lipinski definition) is 1. The highest BCUT2D eigenvalue weighted by molar-refractivity contribution is 7.13. The zero-order valence-corrected chi connectivity index (χ0v) is 12.2. The molecule has 106 valence electrons. The average Bonchev–Trinajstić information content (AvgIpc) is 2.75. The number of unbranched alkanes of at least 4 members (excludes halogenated alkanes) is 1. The van der Waals surface area contributed by atoms with E-state index in [9.17, 15) is 4.79 Å². The minimum atomic E-state index is -1.12. The van der Waals surface area contributed by atoms with E-state index in [0.29, 0.717) is 17.4 Å². The number of ether oxygens (including phenoxy) is 1. The first-order valence-electron chi connectivity index (χ1n) is 6.05. The van der Waals surface area contributed by atoms with Crippen LogP contribution in [0.2, 0.25) is 0 Å². The number of rotatable bonds is 7. The summed E-state index contributed by atoms with van der Waals surface area (Å²) >= 11 is 1.31. The van der Waals surface area contributed by atoms with Crippen LogP contribution in [0.5, 0.6) is 0 Å². The van der Waals surface area contributed by atoms with Gasteiger partial charge in [-0.15, -0.1) is 11.3 Å². The number of nitrogen functional groups attached to an aromatic ring is 1. The number of nitrogens with zero attached hydrogens (tertiary/aromatic N) is 2. The lowest BCUT2D eigenvalue weighted by molar-refractivity contribution is -0.168. The van der Waals surface area contributed by atoms with Crippen LogP contribution in [0, 0.1) is 0 Å². The van der Waals surface area contributed by atoms with Gasteiger partial charge in [0.2, 0.25) is 5.60 Å². The number of oxime groups is 1. The Kier molecular flexibility index (Phi) is 5.75. The highest BCUT2D eigenvalue weighted by atomic mass is 32.1. The van der Waals surface area contributed by atoms with E-state index < -0.39 is 11.6 Å². The minimum Gasteiger partial charge on any atom is -0.463 e. The quantitative estimate of drug-likeness (QED) is 0.359. The molecule has 1 rings (SSSR count). The van der Waals surface area contributed by atoms with E-state index in [0.717, 1.165) is 12.8 Å². The van der Waals surface area contributed by atoms with Gasteiger partial charge in [-0.3, -0.25) is 0 Å². The van der Waals surface area contributed by atoms with Crippen LogP contribution >= 0.6 is 11.3 Å². The van der Waals surface area contributed by atoms with Crippen molar-refractivity contribution < 1.29 is 14.4 Å². The maximum atomic E-state index is 11.7. The number of hydrogen-bond acceptors (Lipinski definition) is 7. The first-order valence-corrected chi connectivity index (χ1v) is 6.93. The first kappa shape index (κ1) is 15.4. The predicted molar refractivity (Wildman–Crippen MR) is 75.2 cm³/mol. The molecule has 0 saturated heterocycles. The summed E-state index contributed by atoms with van der Waals surface area (Å²) in [6.07, 6.45) is 3.22. The van der Waals surface area contributed by atoms with Crippen LogP contribution in [0.4, 0.5) is 5.13 Å². The fourth-order valence-electron chi connectivity index (χ4n) is 1.09. The zero-order chi connectivity index (χ0) is 14.3. The molecule has 1 aromatic heterocycles. The van der Waals surface area contributed by atoms with Crippen molar-refractivity contribution in [2.24, 2.45) is 5.16 Å². The summed E-state index contributed by atoms with van der Waals surface area (Å²) in [5.41, 5.74) is 4.96. The lowest BCUT2D eigenvalue weighted by Crippen LogP contribution is -2.35. The van der Waals surface area contributed by atoms with Crippen LogP contribution in [-0.2, 0) is 14.4 Å². The molecule has 19 heavy (non-hydrogen) atoms. The van der Waals surface area contributed by atoms with Crippen LogP contribution in [-0.4, -0.2) is 29.4 Å². The van der Waals surface area contributed by atoms with E-state index in [1.807, 2.05) is 6.92 Å². The predicted octanol–water partition coefficient (Wildman–Crippen LogP) is 2.20. The minimum absolute atomic E-state index is 0.397. The lowest BCUT2D eigenvalue weighted by atomic mass is 10.1. The Balaban J connectivity index is 2.45. The van der Waals surface area contributed by atoms with Crippen LogP contribution < -0.4 is 5.73 Å². The van der Waals surface area contributed by atoms with Crippen molar-refractivity contribution in [2.75, 3.05) is 12.3 Å². The number of carbonyl (C=O) groups is 1. The van der Waals surface area contributed by atoms with Crippen LogP contribution in [0.3, 0.4) is 0 Å². The summed E-state index contributed by atoms with van der Waals surface area (Å²) in [7, 11) is 0. The SMILES string of the molecule is CCCCOC(=O)C(C)(C)O/N=C/c1csc(N)n1. The molecule has 0 radical (unpaired) electrons. The monoisotopic (exact) mass is 285 g/mol. The molecular formula is C12H19N3O3S. The molecule has 1 heterocycles. The van der Waals surface area contributed by atoms with Crippen LogP contribution in [0.25, 0.3) is 0 Å². The van der Waals surface area contributed by atoms with E-state index in [2.05, 4.69) is 10.1 Å². The second-order valence-electron chi connectivity index (χ2n) is 4.44. The fourth-order valence-corrected chi connectivity index (χ4v) is 1.61. The molecule has 0 aromatic carbocycles. The van der Waals surface area contributed by atoms with Gasteiger partial charge in [-0.1, -0.05) is 18.5 Å². The number of aromatic nitrogens is 1. The first-order chi connectivity index (χ1) is 8.95. The van der Waals surface area contributed by atoms with Crippen molar-refractivity contribution in [1.82, 2.24) is 4.98 Å². The molecule has 0 aliphatic carbocycles. The van der Waals surface area contributed by atoms with Gasteiger partial charge in [-0.25, -0.2) is 9.78 Å². The average molecular weight is 285 g/mol. The molecule has 0 aliphatic rings. The molecular weight excluding hydrogens is 266 g/mol. The van der Waals surface area contributed by atoms with Crippen molar-refractivity contribution in [3.8, 4) is 0 Å². The van der Waals surface area contributed by atoms with E-state index in [1.54, 1.807) is 19.2 Å². The Morgan fingerprint density at radius 1 is 1.63 bits per heavy atom. The van der Waals surface area contributed by atoms with E-state index in [-0.39, 0.29) is 0 Å². The summed E-state index contributed by atoms with van der Waals surface area (Å²) in [4.78, 5) is 20.9. The molecule has 2 N–H and O–H groups in total. The van der Waals surface area contributed by atoms with Gasteiger partial charge in [-0.05, 0) is 20.3 Å². The molecule has 0 aliphatic heterocycles. The molecule has 0 amide bonds. The molecule has 0 spiro atoms. The summed E-state index contributed by atoms with van der Waals surface area (Å²) in [5.74, 6) is -0.434. The van der Waals surface area contributed by atoms with Gasteiger partial charge in [0.05, 0.1) is 18.5 Å². The molecule has 0 unspecified atom stereocenters. The third-order valence-corrected chi connectivity index (χ3v) is 2.92. The van der Waals surface area contributed by atoms with Gasteiger partial charge in [0.1, 0.15) is 0 Å². The summed E-state index contributed by atoms with van der Waals surface area (Å²) in [6, 6.07) is 0. The maximum Gasteiger partial charge on any atom is 0.352 e. The Hall–Kier alpha value is -1.63. The molecule has 1 aromatic rings. The number of esters is 1. The molecule has 7 heteroatoms. The Morgan fingerprint density at radius 3 is 2.95 bits per heavy atom. The smallest absolute Gasteiger partial charge is 0.352 e. The van der Waals surface area contributed by atoms with Crippen molar-refractivity contribution in [3.63, 3.8) is 0 Å². The number of carbonyl (C=O) groups excluding carboxylic acids is 1.